The van der Waals surface area contributed by atoms with E-state index in [1.165, 1.54) is 17.3 Å². The van der Waals surface area contributed by atoms with Crippen molar-refractivity contribution < 1.29 is 29.1 Å². The summed E-state index contributed by atoms with van der Waals surface area (Å²) < 4.78 is 14.5. The molecule has 5 atom stereocenters. The number of rotatable bonds is 13. The number of aliphatic hydroxyl groups is 1. The van der Waals surface area contributed by atoms with Crippen LogP contribution in [0.2, 0.25) is 18.6 Å². The average molecular weight is 843 g/mol. The van der Waals surface area contributed by atoms with Gasteiger partial charge in [-0.1, -0.05) is 97.9 Å². The van der Waals surface area contributed by atoms with Gasteiger partial charge in [-0.05, 0) is 66.3 Å². The minimum absolute atomic E-state index is 0.107. The molecule has 4 aromatic carbocycles. The number of amides is 2. The van der Waals surface area contributed by atoms with E-state index < -0.39 is 24.7 Å². The van der Waals surface area contributed by atoms with Crippen LogP contribution >= 0.6 is 0 Å². The number of carbonyl (C=O) groups excluding carboxylic acids is 2. The molecule has 2 amide bonds. The predicted octanol–water partition coefficient (Wildman–Crippen LogP) is 7.47. The zero-order valence-electron chi connectivity index (χ0n) is 35.3. The van der Waals surface area contributed by atoms with E-state index in [9.17, 15) is 20.0 Å². The number of aliphatic hydroxyl groups excluding tert-OH is 1. The Morgan fingerprint density at radius 1 is 0.984 bits per heavy atom. The molecule has 1 aromatic heterocycles. The molecule has 1 N–H and O–H groups in total. The van der Waals surface area contributed by atoms with Crippen molar-refractivity contribution in [2.24, 2.45) is 5.92 Å². The van der Waals surface area contributed by atoms with Gasteiger partial charge in [0.2, 0.25) is 5.91 Å². The Bertz CT molecular complexity index is 2370. The molecular weight excluding hydrogens is 789 g/mol. The Kier molecular flexibility index (Phi) is 11.9. The lowest BCUT2D eigenvalue weighted by Gasteiger charge is -2.37. The number of methoxy groups -OCH3 is 1. The molecule has 5 aromatic rings. The quantitative estimate of drug-likeness (QED) is 0.0723. The van der Waals surface area contributed by atoms with Crippen LogP contribution in [-0.4, -0.2) is 71.3 Å². The van der Waals surface area contributed by atoms with E-state index in [4.69, 9.17) is 9.47 Å². The molecule has 1 unspecified atom stereocenters. The summed E-state index contributed by atoms with van der Waals surface area (Å²) in [5.74, 6) is -0.0732. The fourth-order valence-corrected chi connectivity index (χ4v) is 14.2. The summed E-state index contributed by atoms with van der Waals surface area (Å²) >= 11 is 0. The van der Waals surface area contributed by atoms with Gasteiger partial charge in [0.25, 0.3) is 11.6 Å². The first kappa shape index (κ1) is 42.0. The maximum absolute atomic E-state index is 15.4. The SMILES string of the molecule is COc1ccc([Si](C)(C)[C@H]2[C@H](CCn3cc(C(CO)c4ccccc4)nn3)O[C@@]3(C(=O)N(Cc4ccc(N5CCCCCCC5=O)cc4)c4ccc([N+](=O)[O-])cc43)[C@@H]2C)cc1. The van der Waals surface area contributed by atoms with Crippen LogP contribution in [0.15, 0.2) is 103 Å². The van der Waals surface area contributed by atoms with Crippen molar-refractivity contribution in [3.8, 4) is 5.75 Å². The minimum Gasteiger partial charge on any atom is -0.497 e. The molecule has 61 heavy (non-hydrogen) atoms. The van der Waals surface area contributed by atoms with Gasteiger partial charge >= 0.3 is 0 Å². The lowest BCUT2D eigenvalue weighted by Crippen LogP contribution is -2.51. The van der Waals surface area contributed by atoms with Crippen molar-refractivity contribution in [1.29, 1.82) is 0 Å². The Hall–Kier alpha value is -5.70. The smallest absolute Gasteiger partial charge is 0.269 e. The number of nitro benzene ring substituents is 1. The van der Waals surface area contributed by atoms with Crippen LogP contribution in [0.25, 0.3) is 0 Å². The number of ether oxygens (including phenoxy) is 2. The summed E-state index contributed by atoms with van der Waals surface area (Å²) in [7, 11) is -0.874. The predicted molar refractivity (Wildman–Crippen MR) is 236 cm³/mol. The molecule has 318 valence electrons. The monoisotopic (exact) mass is 842 g/mol. The van der Waals surface area contributed by atoms with Crippen LogP contribution in [0, 0.1) is 16.0 Å². The zero-order chi connectivity index (χ0) is 42.9. The number of aryl methyl sites for hydroxylation is 1. The van der Waals surface area contributed by atoms with Crippen molar-refractivity contribution in [3.63, 3.8) is 0 Å². The summed E-state index contributed by atoms with van der Waals surface area (Å²) in [5, 5.41) is 32.7. The number of benzene rings is 4. The highest BCUT2D eigenvalue weighted by atomic mass is 28.3. The molecule has 14 heteroatoms. The number of nitrogens with zero attached hydrogens (tertiary/aromatic N) is 6. The third kappa shape index (κ3) is 7.88. The van der Waals surface area contributed by atoms with E-state index in [0.717, 1.165) is 48.2 Å². The van der Waals surface area contributed by atoms with Crippen molar-refractivity contribution >= 4 is 42.1 Å². The number of nitro groups is 1. The van der Waals surface area contributed by atoms with Gasteiger partial charge in [0.1, 0.15) is 5.75 Å². The second-order valence-electron chi connectivity index (χ2n) is 17.2. The van der Waals surface area contributed by atoms with Crippen molar-refractivity contribution in [3.05, 3.63) is 136 Å². The first-order chi connectivity index (χ1) is 29.5. The molecule has 3 aliphatic heterocycles. The average Bonchev–Trinajstić information content (AvgIpc) is 3.92. The van der Waals surface area contributed by atoms with E-state index in [1.54, 1.807) is 22.8 Å². The fraction of sp³-hybridized carbons (Fsp3) is 0.404. The van der Waals surface area contributed by atoms with Gasteiger partial charge in [-0.25, -0.2) is 0 Å². The number of non-ortho nitro benzene ring substituents is 1. The largest absolute Gasteiger partial charge is 0.497 e. The molecule has 2 saturated heterocycles. The summed E-state index contributed by atoms with van der Waals surface area (Å²) in [5.41, 5.74) is 2.68. The molecule has 0 radical (unpaired) electrons. The highest BCUT2D eigenvalue weighted by molar-refractivity contribution is 6.91. The number of hydrogen-bond donors (Lipinski definition) is 1. The van der Waals surface area contributed by atoms with E-state index >= 15 is 4.79 Å². The van der Waals surface area contributed by atoms with Crippen LogP contribution in [0.5, 0.6) is 5.75 Å². The van der Waals surface area contributed by atoms with Gasteiger partial charge in [-0.2, -0.15) is 0 Å². The van der Waals surface area contributed by atoms with Gasteiger partial charge in [0.15, 0.2) is 5.60 Å². The van der Waals surface area contributed by atoms with Gasteiger partial charge in [-0.15, -0.1) is 5.10 Å². The van der Waals surface area contributed by atoms with Gasteiger partial charge < -0.3 is 24.4 Å². The highest BCUT2D eigenvalue weighted by Gasteiger charge is 2.66. The highest BCUT2D eigenvalue weighted by Crippen LogP contribution is 2.60. The van der Waals surface area contributed by atoms with Crippen LogP contribution in [0.4, 0.5) is 17.1 Å². The van der Waals surface area contributed by atoms with E-state index in [0.29, 0.717) is 42.9 Å². The Morgan fingerprint density at radius 2 is 1.72 bits per heavy atom. The third-order valence-electron chi connectivity index (χ3n) is 13.4. The topological polar surface area (TPSA) is 153 Å². The van der Waals surface area contributed by atoms with Crippen molar-refractivity contribution in [1.82, 2.24) is 15.0 Å². The van der Waals surface area contributed by atoms with Gasteiger partial charge in [0, 0.05) is 55.0 Å². The van der Waals surface area contributed by atoms with Crippen molar-refractivity contribution in [2.45, 2.75) is 94.8 Å². The van der Waals surface area contributed by atoms with Crippen LogP contribution in [0.1, 0.15) is 73.8 Å². The molecule has 0 bridgehead atoms. The fourth-order valence-electron chi connectivity index (χ4n) is 10.1. The zero-order valence-corrected chi connectivity index (χ0v) is 36.3. The number of aromatic nitrogens is 3. The lowest BCUT2D eigenvalue weighted by atomic mass is 9.82. The standard InChI is InChI=1S/C47H54N6O7Si/c1-32-45(61(3,4)38-22-20-37(59-2)21-23-38)43(25-27-50-30-41(48-49-50)39(31-54)34-12-8-7-9-13-34)60-47(32)40-28-36(53(57)58)19-24-42(40)52(46(47)56)29-33-15-17-35(18-16-33)51-26-11-6-5-10-14-44(51)55/h7-9,12-13,15-24,28,30,32,39,43,45,54H,5-6,10-11,14,25-27,29,31H2,1-4H3/t32-,39?,43+,45-,47+/m1/s1. The number of hydrogen-bond acceptors (Lipinski definition) is 9. The first-order valence-electron chi connectivity index (χ1n) is 21.3. The Morgan fingerprint density at radius 3 is 2.43 bits per heavy atom. The lowest BCUT2D eigenvalue weighted by molar-refractivity contribution is -0.385. The van der Waals surface area contributed by atoms with Crippen molar-refractivity contribution in [2.75, 3.05) is 30.1 Å². The molecule has 3 aliphatic rings. The molecule has 0 saturated carbocycles. The molecule has 4 heterocycles. The summed E-state index contributed by atoms with van der Waals surface area (Å²) in [6, 6.07) is 30.3. The van der Waals surface area contributed by atoms with Gasteiger partial charge in [0.05, 0.1) is 56.7 Å². The van der Waals surface area contributed by atoms with E-state index in [-0.39, 0.29) is 48.0 Å². The normalized spacial score (nSPS) is 22.3. The number of fused-ring (bicyclic) bond motifs is 2. The van der Waals surface area contributed by atoms with E-state index in [1.807, 2.05) is 77.8 Å². The van der Waals surface area contributed by atoms with Crippen LogP contribution in [0.3, 0.4) is 0 Å². The minimum atomic E-state index is -2.52. The maximum Gasteiger partial charge on any atom is 0.269 e. The Balaban J connectivity index is 1.14. The maximum atomic E-state index is 15.4. The summed E-state index contributed by atoms with van der Waals surface area (Å²) in [4.78, 5) is 43.9. The molecule has 1 spiro atoms. The Labute approximate surface area is 357 Å². The van der Waals surface area contributed by atoms with Crippen LogP contribution < -0.4 is 19.7 Å². The summed E-state index contributed by atoms with van der Waals surface area (Å²) in [6.45, 7) is 7.89. The molecule has 8 rings (SSSR count). The molecule has 0 aliphatic carbocycles. The summed E-state index contributed by atoms with van der Waals surface area (Å²) in [6.07, 6.45) is 6.48. The molecule has 2 fully saturated rings. The van der Waals surface area contributed by atoms with Gasteiger partial charge in [-0.3, -0.25) is 24.4 Å². The first-order valence-corrected chi connectivity index (χ1v) is 24.4. The second kappa shape index (κ2) is 17.3. The molecular formula is C47H54N6O7Si. The van der Waals surface area contributed by atoms with E-state index in [2.05, 4.69) is 42.5 Å². The molecule has 13 nitrogen and oxygen atoms in total. The van der Waals surface area contributed by atoms with Crippen LogP contribution in [-0.2, 0) is 33.0 Å². The second-order valence-corrected chi connectivity index (χ2v) is 21.9. The number of anilines is 2. The number of carbonyl (C=O) groups is 2. The third-order valence-corrected chi connectivity index (χ3v) is 17.7.